The second-order valence-corrected chi connectivity index (χ2v) is 4.02. The number of nitrogens with zero attached hydrogens (tertiary/aromatic N) is 1. The summed E-state index contributed by atoms with van der Waals surface area (Å²) in [5.41, 5.74) is 4.88. The highest BCUT2D eigenvalue weighted by molar-refractivity contribution is 5.78. The van der Waals surface area contributed by atoms with E-state index in [1.807, 2.05) is 0 Å². The van der Waals surface area contributed by atoms with Crippen LogP contribution in [0.3, 0.4) is 0 Å². The first-order valence-electron chi connectivity index (χ1n) is 5.28. The van der Waals surface area contributed by atoms with Crippen molar-refractivity contribution >= 4 is 12.0 Å². The molecule has 0 radical (unpaired) electrons. The Labute approximate surface area is 94.6 Å². The van der Waals surface area contributed by atoms with Gasteiger partial charge in [-0.15, -0.1) is 0 Å². The third kappa shape index (κ3) is 4.06. The molecule has 1 fully saturated rings. The van der Waals surface area contributed by atoms with Gasteiger partial charge < -0.3 is 10.5 Å². The SMILES string of the molecule is CON(C)C(=O)C(COC(N)=O)CC1CC1. The minimum absolute atomic E-state index is 0.0262. The van der Waals surface area contributed by atoms with Crippen LogP contribution in [0.5, 0.6) is 0 Å². The van der Waals surface area contributed by atoms with Crippen LogP contribution < -0.4 is 5.73 Å². The lowest BCUT2D eigenvalue weighted by molar-refractivity contribution is -0.175. The number of hydrogen-bond acceptors (Lipinski definition) is 4. The first-order chi connectivity index (χ1) is 7.54. The zero-order valence-electron chi connectivity index (χ0n) is 9.64. The summed E-state index contributed by atoms with van der Waals surface area (Å²) in [6, 6.07) is 0. The average molecular weight is 230 g/mol. The van der Waals surface area contributed by atoms with Gasteiger partial charge in [0.2, 0.25) is 0 Å². The molecule has 1 unspecified atom stereocenters. The van der Waals surface area contributed by atoms with Crippen molar-refractivity contribution < 1.29 is 19.2 Å². The third-order valence-corrected chi connectivity index (χ3v) is 2.68. The Morgan fingerprint density at radius 3 is 2.56 bits per heavy atom. The number of nitrogens with two attached hydrogens (primary N) is 1. The Hall–Kier alpha value is -1.30. The van der Waals surface area contributed by atoms with Crippen molar-refractivity contribution in [2.24, 2.45) is 17.6 Å². The number of ether oxygens (including phenoxy) is 1. The minimum atomic E-state index is -0.853. The summed E-state index contributed by atoms with van der Waals surface area (Å²) in [5, 5.41) is 1.15. The predicted molar refractivity (Wildman–Crippen MR) is 56.1 cm³/mol. The van der Waals surface area contributed by atoms with Gasteiger partial charge in [-0.05, 0) is 12.3 Å². The molecule has 0 heterocycles. The molecule has 0 saturated heterocycles. The molecule has 0 aliphatic heterocycles. The molecule has 0 aromatic carbocycles. The van der Waals surface area contributed by atoms with Gasteiger partial charge in [0.1, 0.15) is 6.61 Å². The van der Waals surface area contributed by atoms with Crippen LogP contribution in [-0.4, -0.2) is 37.8 Å². The van der Waals surface area contributed by atoms with Gasteiger partial charge in [-0.3, -0.25) is 9.63 Å². The van der Waals surface area contributed by atoms with E-state index in [9.17, 15) is 9.59 Å². The van der Waals surface area contributed by atoms with Gasteiger partial charge in [-0.25, -0.2) is 9.86 Å². The maximum absolute atomic E-state index is 11.8. The van der Waals surface area contributed by atoms with Crippen molar-refractivity contribution in [1.29, 1.82) is 0 Å². The third-order valence-electron chi connectivity index (χ3n) is 2.68. The fraction of sp³-hybridized carbons (Fsp3) is 0.800. The van der Waals surface area contributed by atoms with Crippen LogP contribution in [-0.2, 0) is 14.4 Å². The van der Waals surface area contributed by atoms with Crippen molar-refractivity contribution in [2.45, 2.75) is 19.3 Å². The molecule has 16 heavy (non-hydrogen) atoms. The van der Waals surface area contributed by atoms with Crippen LogP contribution in [0, 0.1) is 11.8 Å². The summed E-state index contributed by atoms with van der Waals surface area (Å²) in [7, 11) is 2.95. The molecule has 1 atom stereocenters. The molecular formula is C10H18N2O4. The van der Waals surface area contributed by atoms with E-state index in [-0.39, 0.29) is 18.4 Å². The zero-order chi connectivity index (χ0) is 12.1. The Balaban J connectivity index is 2.47. The number of hydroxylamine groups is 2. The highest BCUT2D eigenvalue weighted by Crippen LogP contribution is 2.35. The number of primary amides is 1. The minimum Gasteiger partial charge on any atom is -0.449 e. The van der Waals surface area contributed by atoms with Crippen LogP contribution in [0.15, 0.2) is 0 Å². The van der Waals surface area contributed by atoms with Crippen LogP contribution >= 0.6 is 0 Å². The van der Waals surface area contributed by atoms with E-state index in [2.05, 4.69) is 4.74 Å². The van der Waals surface area contributed by atoms with E-state index in [1.165, 1.54) is 14.2 Å². The topological polar surface area (TPSA) is 81.9 Å². The fourth-order valence-electron chi connectivity index (χ4n) is 1.53. The van der Waals surface area contributed by atoms with Crippen molar-refractivity contribution in [1.82, 2.24) is 5.06 Å². The van der Waals surface area contributed by atoms with Crippen LogP contribution in [0.4, 0.5) is 4.79 Å². The maximum atomic E-state index is 11.8. The molecule has 0 bridgehead atoms. The average Bonchev–Trinajstić information content (AvgIpc) is 3.05. The van der Waals surface area contributed by atoms with Crippen LogP contribution in [0.2, 0.25) is 0 Å². The van der Waals surface area contributed by atoms with E-state index < -0.39 is 6.09 Å². The maximum Gasteiger partial charge on any atom is 0.404 e. The molecule has 1 aliphatic carbocycles. The molecule has 0 aromatic heterocycles. The Kier molecular flexibility index (Phi) is 4.54. The highest BCUT2D eigenvalue weighted by Gasteiger charge is 2.31. The molecule has 1 rings (SSSR count). The zero-order valence-corrected chi connectivity index (χ0v) is 9.64. The van der Waals surface area contributed by atoms with E-state index in [1.54, 1.807) is 0 Å². The van der Waals surface area contributed by atoms with Gasteiger partial charge in [0.15, 0.2) is 0 Å². The molecule has 1 aliphatic rings. The predicted octanol–water partition coefficient (Wildman–Crippen LogP) is 0.518. The van der Waals surface area contributed by atoms with E-state index in [0.717, 1.165) is 24.3 Å². The molecule has 1 saturated carbocycles. The van der Waals surface area contributed by atoms with Gasteiger partial charge in [-0.2, -0.15) is 0 Å². The molecule has 92 valence electrons. The first kappa shape index (κ1) is 12.8. The van der Waals surface area contributed by atoms with Crippen LogP contribution in [0.25, 0.3) is 0 Å². The Morgan fingerprint density at radius 1 is 1.50 bits per heavy atom. The largest absolute Gasteiger partial charge is 0.449 e. The summed E-state index contributed by atoms with van der Waals surface area (Å²) < 4.78 is 4.68. The molecular weight excluding hydrogens is 212 g/mol. The molecule has 6 nitrogen and oxygen atoms in total. The number of amides is 2. The number of hydrogen-bond donors (Lipinski definition) is 1. The molecule has 2 amide bonds. The summed E-state index contributed by atoms with van der Waals surface area (Å²) in [4.78, 5) is 27.1. The summed E-state index contributed by atoms with van der Waals surface area (Å²) in [6.07, 6.45) is 2.14. The second-order valence-electron chi connectivity index (χ2n) is 4.02. The smallest absolute Gasteiger partial charge is 0.404 e. The van der Waals surface area contributed by atoms with Gasteiger partial charge in [-0.1, -0.05) is 12.8 Å². The quantitative estimate of drug-likeness (QED) is 0.674. The van der Waals surface area contributed by atoms with E-state index in [4.69, 9.17) is 10.6 Å². The number of carbonyl (C=O) groups is 2. The van der Waals surface area contributed by atoms with E-state index >= 15 is 0 Å². The van der Waals surface area contributed by atoms with E-state index in [0.29, 0.717) is 5.92 Å². The fourth-order valence-corrected chi connectivity index (χ4v) is 1.53. The van der Waals surface area contributed by atoms with Gasteiger partial charge >= 0.3 is 6.09 Å². The molecule has 0 aromatic rings. The van der Waals surface area contributed by atoms with Crippen molar-refractivity contribution in [2.75, 3.05) is 20.8 Å². The number of rotatable bonds is 6. The van der Waals surface area contributed by atoms with Gasteiger partial charge in [0.05, 0.1) is 13.0 Å². The van der Waals surface area contributed by atoms with Crippen LogP contribution in [0.1, 0.15) is 19.3 Å². The Bertz CT molecular complexity index is 266. The highest BCUT2D eigenvalue weighted by atomic mass is 16.7. The Morgan fingerprint density at radius 2 is 2.12 bits per heavy atom. The lowest BCUT2D eigenvalue weighted by atomic mass is 10.0. The van der Waals surface area contributed by atoms with Crippen molar-refractivity contribution in [3.8, 4) is 0 Å². The lowest BCUT2D eigenvalue weighted by Crippen LogP contribution is -2.35. The summed E-state index contributed by atoms with van der Waals surface area (Å²) in [6.45, 7) is 0.0262. The summed E-state index contributed by atoms with van der Waals surface area (Å²) >= 11 is 0. The lowest BCUT2D eigenvalue weighted by Gasteiger charge is -2.21. The monoisotopic (exact) mass is 230 g/mol. The standard InChI is InChI=1S/C10H18N2O4/c1-12(15-2)9(13)8(5-7-3-4-7)6-16-10(11)14/h7-8H,3-6H2,1-2H3,(H2,11,14). The van der Waals surface area contributed by atoms with Gasteiger partial charge in [0.25, 0.3) is 5.91 Å². The summed E-state index contributed by atoms with van der Waals surface area (Å²) in [5.74, 6) is 0.0243. The number of carbonyl (C=O) groups excluding carboxylic acids is 2. The van der Waals surface area contributed by atoms with Gasteiger partial charge in [0, 0.05) is 7.05 Å². The molecule has 2 N–H and O–H groups in total. The van der Waals surface area contributed by atoms with Crippen molar-refractivity contribution in [3.05, 3.63) is 0 Å². The first-order valence-corrected chi connectivity index (χ1v) is 5.28. The molecule has 0 spiro atoms. The molecule has 6 heteroatoms. The van der Waals surface area contributed by atoms with Crippen molar-refractivity contribution in [3.63, 3.8) is 0 Å². The second kappa shape index (κ2) is 5.69. The normalized spacial score (nSPS) is 16.6.